The van der Waals surface area contributed by atoms with Crippen LogP contribution in [-0.4, -0.2) is 5.54 Å². The molecule has 0 atom stereocenters. The van der Waals surface area contributed by atoms with Crippen LogP contribution < -0.4 is 5.73 Å². The second-order valence-electron chi connectivity index (χ2n) is 8.85. The maximum Gasteiger partial charge on any atom is 0.0136 e. The first-order valence-electron chi connectivity index (χ1n) is 6.62. The molecule has 0 aromatic carbocycles. The van der Waals surface area contributed by atoms with Gasteiger partial charge in [-0.25, -0.2) is 0 Å². The van der Waals surface area contributed by atoms with Crippen LogP contribution in [0.25, 0.3) is 0 Å². The first-order chi connectivity index (χ1) is 6.83. The summed E-state index contributed by atoms with van der Waals surface area (Å²) < 4.78 is 0. The highest BCUT2D eigenvalue weighted by atomic mass is 14.7. The van der Waals surface area contributed by atoms with Crippen molar-refractivity contribution in [2.24, 2.45) is 22.0 Å². The van der Waals surface area contributed by atoms with Gasteiger partial charge in [-0.2, -0.15) is 0 Å². The topological polar surface area (TPSA) is 26.0 Å². The van der Waals surface area contributed by atoms with E-state index in [-0.39, 0.29) is 5.54 Å². The molecule has 16 heavy (non-hydrogen) atoms. The molecule has 1 rings (SSSR count). The Morgan fingerprint density at radius 1 is 0.562 bits per heavy atom. The molecule has 0 spiro atoms. The standard InChI is InChI=1S/C15H31N/c1-12(2)8-13(3,4)10-15(7,16)11-14(5,6)9-12/h8-11,16H2,1-7H3. The van der Waals surface area contributed by atoms with Gasteiger partial charge in [-0.1, -0.05) is 41.5 Å². The van der Waals surface area contributed by atoms with E-state index in [4.69, 9.17) is 5.73 Å². The predicted molar refractivity (Wildman–Crippen MR) is 72.4 cm³/mol. The van der Waals surface area contributed by atoms with Gasteiger partial charge in [0.1, 0.15) is 0 Å². The first kappa shape index (κ1) is 14.0. The molecule has 0 aromatic rings. The molecule has 0 aliphatic heterocycles. The van der Waals surface area contributed by atoms with Crippen molar-refractivity contribution in [1.29, 1.82) is 0 Å². The fourth-order valence-corrected chi connectivity index (χ4v) is 5.03. The van der Waals surface area contributed by atoms with Crippen molar-refractivity contribution in [1.82, 2.24) is 0 Å². The molecule has 1 aliphatic rings. The minimum atomic E-state index is -0.0104. The molecule has 0 saturated heterocycles. The van der Waals surface area contributed by atoms with Crippen molar-refractivity contribution in [2.45, 2.75) is 79.7 Å². The lowest BCUT2D eigenvalue weighted by atomic mass is 9.58. The van der Waals surface area contributed by atoms with Gasteiger partial charge in [0.25, 0.3) is 0 Å². The molecule has 2 N–H and O–H groups in total. The molecule has 1 heteroatoms. The highest BCUT2D eigenvalue weighted by molar-refractivity contribution is 4.97. The van der Waals surface area contributed by atoms with E-state index in [9.17, 15) is 0 Å². The van der Waals surface area contributed by atoms with Crippen LogP contribution in [0.3, 0.4) is 0 Å². The predicted octanol–water partition coefficient (Wildman–Crippen LogP) is 4.36. The Kier molecular flexibility index (Phi) is 3.27. The maximum atomic E-state index is 6.49. The van der Waals surface area contributed by atoms with E-state index in [2.05, 4.69) is 48.5 Å². The lowest BCUT2D eigenvalue weighted by molar-refractivity contribution is 0.0470. The van der Waals surface area contributed by atoms with Crippen LogP contribution in [0.15, 0.2) is 0 Å². The van der Waals surface area contributed by atoms with Gasteiger partial charge in [0.2, 0.25) is 0 Å². The zero-order valence-electron chi connectivity index (χ0n) is 12.4. The van der Waals surface area contributed by atoms with Gasteiger partial charge in [0.15, 0.2) is 0 Å². The third-order valence-electron chi connectivity index (χ3n) is 3.68. The lowest BCUT2D eigenvalue weighted by Crippen LogP contribution is -2.48. The number of hydrogen-bond donors (Lipinski definition) is 1. The van der Waals surface area contributed by atoms with Crippen molar-refractivity contribution in [2.75, 3.05) is 0 Å². The third kappa shape index (κ3) is 4.08. The summed E-state index contributed by atoms with van der Waals surface area (Å²) >= 11 is 0. The maximum absolute atomic E-state index is 6.49. The van der Waals surface area contributed by atoms with Crippen molar-refractivity contribution in [3.63, 3.8) is 0 Å². The van der Waals surface area contributed by atoms with Gasteiger partial charge >= 0.3 is 0 Å². The van der Waals surface area contributed by atoms with Gasteiger partial charge in [0, 0.05) is 5.54 Å². The van der Waals surface area contributed by atoms with Crippen molar-refractivity contribution in [3.8, 4) is 0 Å². The normalized spacial score (nSPS) is 31.5. The molecule has 1 fully saturated rings. The molecule has 0 unspecified atom stereocenters. The highest BCUT2D eigenvalue weighted by Crippen LogP contribution is 2.50. The zero-order chi connectivity index (χ0) is 12.8. The molecule has 0 amide bonds. The van der Waals surface area contributed by atoms with Gasteiger partial charge in [-0.15, -0.1) is 0 Å². The SMILES string of the molecule is CC1(C)CC(C)(C)CC(C)(N)CC(C)(C)C1. The molecule has 0 radical (unpaired) electrons. The Balaban J connectivity index is 2.98. The Bertz CT molecular complexity index is 187. The molecule has 1 saturated carbocycles. The van der Waals surface area contributed by atoms with Crippen LogP contribution in [0.4, 0.5) is 0 Å². The third-order valence-corrected chi connectivity index (χ3v) is 3.68. The number of hydrogen-bond acceptors (Lipinski definition) is 1. The van der Waals surface area contributed by atoms with Crippen molar-refractivity contribution in [3.05, 3.63) is 0 Å². The largest absolute Gasteiger partial charge is 0.325 e. The summed E-state index contributed by atoms with van der Waals surface area (Å²) in [5, 5.41) is 0. The molecular formula is C15H31N. The van der Waals surface area contributed by atoms with Gasteiger partial charge in [-0.05, 0) is 48.9 Å². The Morgan fingerprint density at radius 3 is 1.12 bits per heavy atom. The van der Waals surface area contributed by atoms with Crippen LogP contribution in [0.5, 0.6) is 0 Å². The van der Waals surface area contributed by atoms with Crippen LogP contribution >= 0.6 is 0 Å². The summed E-state index contributed by atoms with van der Waals surface area (Å²) in [6.45, 7) is 16.5. The van der Waals surface area contributed by atoms with Crippen LogP contribution in [-0.2, 0) is 0 Å². The molecule has 1 nitrogen and oxygen atoms in total. The molecule has 0 heterocycles. The van der Waals surface area contributed by atoms with E-state index in [0.29, 0.717) is 16.2 Å². The quantitative estimate of drug-likeness (QED) is 0.651. The van der Waals surface area contributed by atoms with Crippen molar-refractivity contribution >= 4 is 0 Å². The average Bonchev–Trinajstić information content (AvgIpc) is 1.67. The smallest absolute Gasteiger partial charge is 0.0136 e. The monoisotopic (exact) mass is 225 g/mol. The minimum absolute atomic E-state index is 0.0104. The van der Waals surface area contributed by atoms with Crippen LogP contribution in [0.2, 0.25) is 0 Å². The number of rotatable bonds is 0. The van der Waals surface area contributed by atoms with Crippen LogP contribution in [0.1, 0.15) is 74.1 Å². The second-order valence-corrected chi connectivity index (χ2v) is 8.85. The molecule has 1 aliphatic carbocycles. The molecule has 0 aromatic heterocycles. The van der Waals surface area contributed by atoms with E-state index < -0.39 is 0 Å². The van der Waals surface area contributed by atoms with E-state index in [1.807, 2.05) is 0 Å². The lowest BCUT2D eigenvalue weighted by Gasteiger charge is -2.49. The summed E-state index contributed by atoms with van der Waals surface area (Å²) in [5.41, 5.74) is 7.64. The summed E-state index contributed by atoms with van der Waals surface area (Å²) in [4.78, 5) is 0. The number of nitrogens with two attached hydrogens (primary N) is 1. The molecule has 96 valence electrons. The van der Waals surface area contributed by atoms with E-state index in [1.54, 1.807) is 0 Å². The molecular weight excluding hydrogens is 194 g/mol. The Hall–Kier alpha value is -0.0400. The van der Waals surface area contributed by atoms with Gasteiger partial charge in [-0.3, -0.25) is 0 Å². The van der Waals surface area contributed by atoms with Crippen molar-refractivity contribution < 1.29 is 0 Å². The highest BCUT2D eigenvalue weighted by Gasteiger charge is 2.42. The van der Waals surface area contributed by atoms with E-state index in [1.165, 1.54) is 12.8 Å². The Morgan fingerprint density at radius 2 is 0.812 bits per heavy atom. The summed E-state index contributed by atoms with van der Waals surface area (Å²) in [5.74, 6) is 0. The average molecular weight is 225 g/mol. The summed E-state index contributed by atoms with van der Waals surface area (Å²) in [6.07, 6.45) is 4.81. The summed E-state index contributed by atoms with van der Waals surface area (Å²) in [6, 6.07) is 0. The fourth-order valence-electron chi connectivity index (χ4n) is 5.03. The Labute approximate surface area is 102 Å². The van der Waals surface area contributed by atoms with E-state index >= 15 is 0 Å². The minimum Gasteiger partial charge on any atom is -0.325 e. The summed E-state index contributed by atoms with van der Waals surface area (Å²) in [7, 11) is 0. The fraction of sp³-hybridized carbons (Fsp3) is 1.00. The zero-order valence-corrected chi connectivity index (χ0v) is 12.4. The van der Waals surface area contributed by atoms with Crippen LogP contribution in [0, 0.1) is 16.2 Å². The molecule has 0 bridgehead atoms. The van der Waals surface area contributed by atoms with E-state index in [0.717, 1.165) is 12.8 Å². The van der Waals surface area contributed by atoms with Gasteiger partial charge in [0.05, 0.1) is 0 Å². The second kappa shape index (κ2) is 3.73. The van der Waals surface area contributed by atoms with Gasteiger partial charge < -0.3 is 5.73 Å². The first-order valence-corrected chi connectivity index (χ1v) is 6.62.